The minimum absolute atomic E-state index is 0.0880. The van der Waals surface area contributed by atoms with E-state index in [9.17, 15) is 9.59 Å². The molecule has 6 nitrogen and oxygen atoms in total. The number of carbonyl (C=O) groups is 2. The molecule has 0 bridgehead atoms. The molecule has 2 aromatic carbocycles. The van der Waals surface area contributed by atoms with E-state index in [1.54, 1.807) is 24.3 Å². The second kappa shape index (κ2) is 8.31. The Bertz CT molecular complexity index is 602. The molecule has 22 heavy (non-hydrogen) atoms. The Morgan fingerprint density at radius 3 is 1.50 bits per heavy atom. The van der Waals surface area contributed by atoms with Crippen molar-refractivity contribution in [1.82, 2.24) is 0 Å². The number of hydrogen-bond acceptors (Lipinski definition) is 6. The summed E-state index contributed by atoms with van der Waals surface area (Å²) in [6.45, 7) is 2.61. The number of carbonyl (C=O) groups excluding carboxylic acids is 2. The molecule has 0 saturated heterocycles. The van der Waals surface area contributed by atoms with Gasteiger partial charge in [0.25, 0.3) is 0 Å². The molecule has 6 heteroatoms. The third-order valence-corrected chi connectivity index (χ3v) is 2.16. The number of esters is 2. The van der Waals surface area contributed by atoms with Gasteiger partial charge in [-0.25, -0.2) is 0 Å². The molecule has 116 valence electrons. The Morgan fingerprint density at radius 2 is 1.18 bits per heavy atom. The van der Waals surface area contributed by atoms with Gasteiger partial charge in [0.15, 0.2) is 0 Å². The molecule has 0 aliphatic rings. The Morgan fingerprint density at radius 1 is 0.773 bits per heavy atom. The maximum atomic E-state index is 10.6. The number of phenols is 2. The Labute approximate surface area is 127 Å². The van der Waals surface area contributed by atoms with E-state index in [4.69, 9.17) is 19.7 Å². The molecule has 0 aliphatic heterocycles. The Hall–Kier alpha value is -3.02. The fourth-order valence-electron chi connectivity index (χ4n) is 1.43. The van der Waals surface area contributed by atoms with Gasteiger partial charge in [-0.2, -0.15) is 0 Å². The highest BCUT2D eigenvalue weighted by atomic mass is 16.5. The summed E-state index contributed by atoms with van der Waals surface area (Å²) in [5.41, 5.74) is 0. The van der Waals surface area contributed by atoms with Crippen LogP contribution in [-0.4, -0.2) is 22.2 Å². The molecule has 0 aromatic heterocycles. The minimum atomic E-state index is -0.412. The molecule has 2 N–H and O–H groups in total. The van der Waals surface area contributed by atoms with Crippen molar-refractivity contribution in [3.05, 3.63) is 48.5 Å². The van der Waals surface area contributed by atoms with Crippen LogP contribution in [-0.2, 0) is 9.59 Å². The third-order valence-electron chi connectivity index (χ3n) is 2.16. The molecule has 2 rings (SSSR count). The van der Waals surface area contributed by atoms with Crippen molar-refractivity contribution >= 4 is 11.9 Å². The zero-order valence-corrected chi connectivity index (χ0v) is 12.1. The fourth-order valence-corrected chi connectivity index (χ4v) is 1.43. The van der Waals surface area contributed by atoms with E-state index in [1.807, 2.05) is 0 Å². The summed E-state index contributed by atoms with van der Waals surface area (Å²) in [5.74, 6) is 0.0671. The van der Waals surface area contributed by atoms with E-state index in [-0.39, 0.29) is 11.5 Å². The number of aromatic hydroxyl groups is 2. The standard InChI is InChI=1S/C10H10O4.C6H6O2/c1-7(11)13-9-4-3-5-10(6-9)14-8(2)12;7-5-2-1-3-6(8)4-5/h3-6H,1-2H3;1-4,7-8H. The van der Waals surface area contributed by atoms with Crippen LogP contribution in [0.15, 0.2) is 48.5 Å². The zero-order valence-electron chi connectivity index (χ0n) is 12.1. The molecule has 0 unspecified atom stereocenters. The van der Waals surface area contributed by atoms with Crippen LogP contribution in [0.1, 0.15) is 13.8 Å². The van der Waals surface area contributed by atoms with Gasteiger partial charge in [0, 0.05) is 26.0 Å². The molecule has 0 saturated carbocycles. The molecule has 0 spiro atoms. The second-order valence-corrected chi connectivity index (χ2v) is 4.18. The van der Waals surface area contributed by atoms with Crippen LogP contribution in [0.4, 0.5) is 0 Å². The molecule has 0 radical (unpaired) electrons. The van der Waals surface area contributed by atoms with Crippen LogP contribution in [0, 0.1) is 0 Å². The average Bonchev–Trinajstić information content (AvgIpc) is 2.37. The molecule has 0 aliphatic carbocycles. The number of hydrogen-bond donors (Lipinski definition) is 2. The second-order valence-electron chi connectivity index (χ2n) is 4.18. The quantitative estimate of drug-likeness (QED) is 0.654. The van der Waals surface area contributed by atoms with Crippen LogP contribution in [0.25, 0.3) is 0 Å². The first-order valence-electron chi connectivity index (χ1n) is 6.31. The summed E-state index contributed by atoms with van der Waals surface area (Å²) in [4.78, 5) is 21.2. The summed E-state index contributed by atoms with van der Waals surface area (Å²) in [6.07, 6.45) is 0. The smallest absolute Gasteiger partial charge is 0.308 e. The van der Waals surface area contributed by atoms with E-state index < -0.39 is 11.9 Å². The Kier molecular flexibility index (Phi) is 6.43. The highest BCUT2D eigenvalue weighted by Crippen LogP contribution is 2.19. The lowest BCUT2D eigenvalue weighted by molar-refractivity contribution is -0.132. The lowest BCUT2D eigenvalue weighted by atomic mass is 10.3. The van der Waals surface area contributed by atoms with E-state index in [0.717, 1.165) is 0 Å². The van der Waals surface area contributed by atoms with Crippen molar-refractivity contribution < 1.29 is 29.3 Å². The van der Waals surface area contributed by atoms with Crippen LogP contribution < -0.4 is 9.47 Å². The predicted molar refractivity (Wildman–Crippen MR) is 78.8 cm³/mol. The zero-order chi connectivity index (χ0) is 16.5. The molecule has 0 atom stereocenters. The molecular formula is C16H16O6. The van der Waals surface area contributed by atoms with E-state index in [0.29, 0.717) is 11.5 Å². The molecule has 2 aromatic rings. The fraction of sp³-hybridized carbons (Fsp3) is 0.125. The van der Waals surface area contributed by atoms with Gasteiger partial charge in [-0.15, -0.1) is 0 Å². The SMILES string of the molecule is CC(=O)Oc1cccc(OC(C)=O)c1.Oc1cccc(O)c1. The van der Waals surface area contributed by atoms with Crippen LogP contribution >= 0.6 is 0 Å². The van der Waals surface area contributed by atoms with E-state index in [1.165, 1.54) is 38.1 Å². The van der Waals surface area contributed by atoms with Crippen LogP contribution in [0.2, 0.25) is 0 Å². The Balaban J connectivity index is 0.000000255. The molecule has 0 heterocycles. The summed E-state index contributed by atoms with van der Waals surface area (Å²) in [7, 11) is 0. The topological polar surface area (TPSA) is 93.1 Å². The lowest BCUT2D eigenvalue weighted by Gasteiger charge is -2.03. The van der Waals surface area contributed by atoms with Gasteiger partial charge < -0.3 is 19.7 Å². The lowest BCUT2D eigenvalue weighted by Crippen LogP contribution is -2.03. The van der Waals surface area contributed by atoms with Gasteiger partial charge in [-0.3, -0.25) is 9.59 Å². The van der Waals surface area contributed by atoms with Gasteiger partial charge >= 0.3 is 11.9 Å². The van der Waals surface area contributed by atoms with Crippen LogP contribution in [0.5, 0.6) is 23.0 Å². The van der Waals surface area contributed by atoms with Crippen molar-refractivity contribution in [2.75, 3.05) is 0 Å². The number of ether oxygens (including phenoxy) is 2. The maximum absolute atomic E-state index is 10.6. The van der Waals surface area contributed by atoms with Gasteiger partial charge in [0.2, 0.25) is 0 Å². The van der Waals surface area contributed by atoms with Gasteiger partial charge in [0.1, 0.15) is 23.0 Å². The summed E-state index contributed by atoms with van der Waals surface area (Å²) >= 11 is 0. The number of phenolic OH excluding ortho intramolecular Hbond substituents is 2. The first kappa shape index (κ1) is 17.0. The third kappa shape index (κ3) is 6.95. The molecular weight excluding hydrogens is 288 g/mol. The van der Waals surface area contributed by atoms with E-state index in [2.05, 4.69) is 0 Å². The highest BCUT2D eigenvalue weighted by Gasteiger charge is 2.01. The van der Waals surface area contributed by atoms with Gasteiger partial charge in [-0.1, -0.05) is 12.1 Å². The summed E-state index contributed by atoms with van der Waals surface area (Å²) < 4.78 is 9.61. The van der Waals surface area contributed by atoms with E-state index >= 15 is 0 Å². The first-order chi connectivity index (χ1) is 10.4. The predicted octanol–water partition coefficient (Wildman–Crippen LogP) is 2.64. The van der Waals surface area contributed by atoms with Gasteiger partial charge in [0.05, 0.1) is 0 Å². The first-order valence-corrected chi connectivity index (χ1v) is 6.31. The normalized spacial score (nSPS) is 9.18. The minimum Gasteiger partial charge on any atom is -0.508 e. The highest BCUT2D eigenvalue weighted by molar-refractivity contribution is 5.71. The largest absolute Gasteiger partial charge is 0.508 e. The molecule has 0 amide bonds. The monoisotopic (exact) mass is 304 g/mol. The number of benzene rings is 2. The van der Waals surface area contributed by atoms with Crippen molar-refractivity contribution in [2.24, 2.45) is 0 Å². The van der Waals surface area contributed by atoms with Crippen molar-refractivity contribution in [3.8, 4) is 23.0 Å². The average molecular weight is 304 g/mol. The number of rotatable bonds is 2. The van der Waals surface area contributed by atoms with Crippen LogP contribution in [0.3, 0.4) is 0 Å². The molecule has 0 fully saturated rings. The van der Waals surface area contributed by atoms with Crippen molar-refractivity contribution in [2.45, 2.75) is 13.8 Å². The van der Waals surface area contributed by atoms with Crippen molar-refractivity contribution in [3.63, 3.8) is 0 Å². The summed E-state index contributed by atoms with van der Waals surface area (Å²) in [5, 5.41) is 17.3. The van der Waals surface area contributed by atoms with Crippen molar-refractivity contribution in [1.29, 1.82) is 0 Å². The van der Waals surface area contributed by atoms with Gasteiger partial charge in [-0.05, 0) is 24.3 Å². The maximum Gasteiger partial charge on any atom is 0.308 e. The summed E-state index contributed by atoms with van der Waals surface area (Å²) in [6, 6.07) is 12.2.